The molecule has 1 aliphatic heterocycles. The minimum absolute atomic E-state index is 0.0814. The predicted octanol–water partition coefficient (Wildman–Crippen LogP) is 3.06. The zero-order valence-electron chi connectivity index (χ0n) is 13.7. The average Bonchev–Trinajstić information content (AvgIpc) is 3.05. The Hall–Kier alpha value is -2.69. The Morgan fingerprint density at radius 3 is 2.43 bits per heavy atom. The minimum Gasteiger partial charge on any atom is -0.402 e. The van der Waals surface area contributed by atoms with Gasteiger partial charge in [-0.05, 0) is 29.2 Å². The van der Waals surface area contributed by atoms with Gasteiger partial charge in [-0.3, -0.25) is 4.68 Å². The fourth-order valence-electron chi connectivity index (χ4n) is 2.32. The lowest BCUT2D eigenvalue weighted by molar-refractivity contribution is -0.129. The van der Waals surface area contributed by atoms with Crippen molar-refractivity contribution in [1.29, 1.82) is 0 Å². The summed E-state index contributed by atoms with van der Waals surface area (Å²) in [4.78, 5) is 16.3. The van der Waals surface area contributed by atoms with E-state index in [1.807, 2.05) is 37.5 Å². The maximum Gasteiger partial charge on any atom is 0.363 e. The van der Waals surface area contributed by atoms with Crippen LogP contribution in [0, 0.1) is 0 Å². The lowest BCUT2D eigenvalue weighted by atomic mass is 9.87. The van der Waals surface area contributed by atoms with Crippen LogP contribution < -0.4 is 0 Å². The topological polar surface area (TPSA) is 56.5 Å². The molecular weight excluding hydrogens is 290 g/mol. The number of aromatic nitrogens is 2. The molecule has 2 aromatic rings. The first-order valence-corrected chi connectivity index (χ1v) is 7.45. The third-order valence-corrected chi connectivity index (χ3v) is 3.65. The van der Waals surface area contributed by atoms with Crippen LogP contribution in [0.15, 0.2) is 47.3 Å². The van der Waals surface area contributed by atoms with Gasteiger partial charge in [0.05, 0.1) is 6.20 Å². The quantitative estimate of drug-likeness (QED) is 0.633. The highest BCUT2D eigenvalue weighted by Crippen LogP contribution is 2.24. The van der Waals surface area contributed by atoms with Gasteiger partial charge >= 0.3 is 5.97 Å². The summed E-state index contributed by atoms with van der Waals surface area (Å²) in [7, 11) is 1.82. The molecule has 0 saturated heterocycles. The van der Waals surface area contributed by atoms with E-state index in [-0.39, 0.29) is 11.1 Å². The number of carbonyl (C=O) groups excluding carboxylic acids is 1. The Kier molecular flexibility index (Phi) is 3.64. The monoisotopic (exact) mass is 309 g/mol. The normalized spacial score (nSPS) is 16.6. The molecule has 23 heavy (non-hydrogen) atoms. The van der Waals surface area contributed by atoms with Gasteiger partial charge in [0.1, 0.15) is 0 Å². The van der Waals surface area contributed by atoms with Crippen molar-refractivity contribution >= 4 is 17.9 Å². The summed E-state index contributed by atoms with van der Waals surface area (Å²) in [5, 5.41) is 4.07. The van der Waals surface area contributed by atoms with E-state index < -0.39 is 5.97 Å². The zero-order valence-corrected chi connectivity index (χ0v) is 13.7. The summed E-state index contributed by atoms with van der Waals surface area (Å²) in [6, 6.07) is 7.93. The molecule has 0 aliphatic carbocycles. The van der Waals surface area contributed by atoms with E-state index in [1.54, 1.807) is 17.0 Å². The second kappa shape index (κ2) is 5.50. The van der Waals surface area contributed by atoms with Crippen molar-refractivity contribution in [3.63, 3.8) is 0 Å². The van der Waals surface area contributed by atoms with Crippen LogP contribution in [-0.4, -0.2) is 21.6 Å². The summed E-state index contributed by atoms with van der Waals surface area (Å²) >= 11 is 0. The smallest absolute Gasteiger partial charge is 0.363 e. The van der Waals surface area contributed by atoms with Gasteiger partial charge in [-0.15, -0.1) is 0 Å². The Balaban J connectivity index is 1.88. The number of hydrogen-bond acceptors (Lipinski definition) is 4. The molecule has 2 heterocycles. The highest BCUT2D eigenvalue weighted by molar-refractivity contribution is 6.12. The van der Waals surface area contributed by atoms with E-state index in [4.69, 9.17) is 4.74 Å². The Labute approximate surface area is 135 Å². The van der Waals surface area contributed by atoms with Crippen molar-refractivity contribution in [2.75, 3.05) is 0 Å². The number of ether oxygens (including phenoxy) is 1. The summed E-state index contributed by atoms with van der Waals surface area (Å²) in [6.45, 7) is 6.47. The van der Waals surface area contributed by atoms with E-state index >= 15 is 0 Å². The largest absolute Gasteiger partial charge is 0.402 e. The molecule has 1 aromatic carbocycles. The first-order chi connectivity index (χ1) is 10.8. The Morgan fingerprint density at radius 1 is 1.17 bits per heavy atom. The summed E-state index contributed by atoms with van der Waals surface area (Å²) in [5.74, 6) is -0.102. The molecule has 0 amide bonds. The zero-order chi connectivity index (χ0) is 16.6. The lowest BCUT2D eigenvalue weighted by Crippen LogP contribution is -2.11. The molecule has 0 unspecified atom stereocenters. The maximum absolute atomic E-state index is 12.0. The van der Waals surface area contributed by atoms with E-state index in [2.05, 4.69) is 30.9 Å². The first-order valence-electron chi connectivity index (χ1n) is 7.45. The van der Waals surface area contributed by atoms with Gasteiger partial charge in [0.2, 0.25) is 5.90 Å². The summed E-state index contributed by atoms with van der Waals surface area (Å²) < 4.78 is 6.95. The summed E-state index contributed by atoms with van der Waals surface area (Å²) in [6.07, 6.45) is 5.16. The van der Waals surface area contributed by atoms with E-state index in [9.17, 15) is 4.79 Å². The van der Waals surface area contributed by atoms with Crippen LogP contribution in [0.5, 0.6) is 0 Å². The molecule has 0 N–H and O–H groups in total. The van der Waals surface area contributed by atoms with Crippen molar-refractivity contribution in [2.45, 2.75) is 26.2 Å². The highest BCUT2D eigenvalue weighted by atomic mass is 16.6. The van der Waals surface area contributed by atoms with Gasteiger partial charge in [-0.2, -0.15) is 5.10 Å². The van der Waals surface area contributed by atoms with E-state index in [1.165, 1.54) is 5.56 Å². The molecule has 0 saturated carbocycles. The number of benzene rings is 1. The van der Waals surface area contributed by atoms with Gasteiger partial charge in [0, 0.05) is 24.4 Å². The number of nitrogens with zero attached hydrogens (tertiary/aromatic N) is 3. The number of aryl methyl sites for hydroxylation is 1. The maximum atomic E-state index is 12.0. The van der Waals surface area contributed by atoms with Gasteiger partial charge < -0.3 is 4.74 Å². The van der Waals surface area contributed by atoms with Crippen LogP contribution in [0.25, 0.3) is 6.08 Å². The van der Waals surface area contributed by atoms with Gasteiger partial charge in [0.25, 0.3) is 0 Å². The Morgan fingerprint density at radius 2 is 1.87 bits per heavy atom. The van der Waals surface area contributed by atoms with Crippen LogP contribution in [0.4, 0.5) is 0 Å². The molecule has 1 aliphatic rings. The predicted molar refractivity (Wildman–Crippen MR) is 89.0 cm³/mol. The molecule has 0 bridgehead atoms. The molecule has 5 heteroatoms. The fourth-order valence-corrected chi connectivity index (χ4v) is 2.32. The van der Waals surface area contributed by atoms with Crippen LogP contribution >= 0.6 is 0 Å². The molecule has 118 valence electrons. The van der Waals surface area contributed by atoms with Crippen LogP contribution in [0.1, 0.15) is 37.5 Å². The SMILES string of the molecule is Cn1cc(/C=C2/N=C(c3ccc(C(C)(C)C)cc3)OC2=O)cn1. The average molecular weight is 309 g/mol. The van der Waals surface area contributed by atoms with Gasteiger partial charge in [0.15, 0.2) is 5.70 Å². The van der Waals surface area contributed by atoms with Crippen molar-refractivity contribution in [2.24, 2.45) is 12.0 Å². The number of hydrogen-bond donors (Lipinski definition) is 0. The standard InChI is InChI=1S/C18H19N3O2/c1-18(2,3)14-7-5-13(6-8-14)16-20-15(17(22)23-16)9-12-10-19-21(4)11-12/h5-11H,1-4H3/b15-9+. The molecule has 0 fully saturated rings. The number of aliphatic imine (C=N–C) groups is 1. The van der Waals surface area contributed by atoms with Gasteiger partial charge in [-0.25, -0.2) is 9.79 Å². The van der Waals surface area contributed by atoms with Crippen LogP contribution in [0.3, 0.4) is 0 Å². The van der Waals surface area contributed by atoms with Crippen LogP contribution in [-0.2, 0) is 22.0 Å². The number of rotatable bonds is 2. The molecule has 3 rings (SSSR count). The van der Waals surface area contributed by atoms with Crippen LogP contribution in [0.2, 0.25) is 0 Å². The lowest BCUT2D eigenvalue weighted by Gasteiger charge is -2.18. The van der Waals surface area contributed by atoms with Gasteiger partial charge in [-0.1, -0.05) is 32.9 Å². The molecule has 1 aromatic heterocycles. The third kappa shape index (κ3) is 3.23. The Bertz CT molecular complexity index is 806. The molecule has 5 nitrogen and oxygen atoms in total. The molecule has 0 atom stereocenters. The summed E-state index contributed by atoms with van der Waals surface area (Å²) in [5.41, 5.74) is 3.19. The molecule has 0 spiro atoms. The van der Waals surface area contributed by atoms with Crippen molar-refractivity contribution in [3.8, 4) is 0 Å². The van der Waals surface area contributed by atoms with Crippen molar-refractivity contribution in [1.82, 2.24) is 9.78 Å². The fraction of sp³-hybridized carbons (Fsp3) is 0.278. The van der Waals surface area contributed by atoms with Crippen molar-refractivity contribution in [3.05, 3.63) is 59.0 Å². The third-order valence-electron chi connectivity index (χ3n) is 3.65. The van der Waals surface area contributed by atoms with E-state index in [0.717, 1.165) is 11.1 Å². The van der Waals surface area contributed by atoms with E-state index in [0.29, 0.717) is 5.90 Å². The second-order valence-corrected chi connectivity index (χ2v) is 6.61. The number of carbonyl (C=O) groups is 1. The molecular formula is C18H19N3O2. The minimum atomic E-state index is -0.441. The van der Waals surface area contributed by atoms with Crippen molar-refractivity contribution < 1.29 is 9.53 Å². The second-order valence-electron chi connectivity index (χ2n) is 6.61. The number of esters is 1. The highest BCUT2D eigenvalue weighted by Gasteiger charge is 2.24. The molecule has 0 radical (unpaired) electrons. The number of cyclic esters (lactones) is 1. The first kappa shape index (κ1) is 15.2.